The lowest BCUT2D eigenvalue weighted by atomic mass is 10.0. The van der Waals surface area contributed by atoms with Crippen LogP contribution in [-0.2, 0) is 9.47 Å². The molecule has 1 saturated heterocycles. The number of hydrogen-bond donors (Lipinski definition) is 1. The fraction of sp³-hybridized carbons (Fsp3) is 0.571. The maximum absolute atomic E-state index is 5.60. The summed E-state index contributed by atoms with van der Waals surface area (Å²) in [5.74, 6) is 0. The summed E-state index contributed by atoms with van der Waals surface area (Å²) in [5, 5.41) is 3.53. The van der Waals surface area contributed by atoms with Gasteiger partial charge in [0.15, 0.2) is 0 Å². The summed E-state index contributed by atoms with van der Waals surface area (Å²) in [4.78, 5) is 0. The van der Waals surface area contributed by atoms with Crippen molar-refractivity contribution in [2.24, 2.45) is 0 Å². The molecule has 1 fully saturated rings. The van der Waals surface area contributed by atoms with Crippen LogP contribution in [0, 0.1) is 0 Å². The van der Waals surface area contributed by atoms with Crippen molar-refractivity contribution in [2.45, 2.75) is 25.0 Å². The first-order valence-electron chi connectivity index (χ1n) is 6.17. The Morgan fingerprint density at radius 3 is 2.76 bits per heavy atom. The number of benzene rings is 1. The molecule has 3 heteroatoms. The molecule has 1 aromatic rings. The van der Waals surface area contributed by atoms with Crippen LogP contribution in [0.5, 0.6) is 0 Å². The highest BCUT2D eigenvalue weighted by molar-refractivity contribution is 5.18. The minimum atomic E-state index is -0.136. The number of nitrogens with one attached hydrogen (secondary N) is 1. The third-order valence-corrected chi connectivity index (χ3v) is 3.53. The Kier molecular flexibility index (Phi) is 4.15. The molecular formula is C14H21NO2. The average molecular weight is 235 g/mol. The molecule has 0 bridgehead atoms. The highest BCUT2D eigenvalue weighted by Crippen LogP contribution is 2.23. The van der Waals surface area contributed by atoms with Gasteiger partial charge in [0.25, 0.3) is 0 Å². The lowest BCUT2D eigenvalue weighted by Gasteiger charge is -2.28. The molecular weight excluding hydrogens is 214 g/mol. The van der Waals surface area contributed by atoms with Crippen LogP contribution in [0.15, 0.2) is 30.3 Å². The quantitative estimate of drug-likeness (QED) is 0.848. The Balaban J connectivity index is 1.89. The molecule has 17 heavy (non-hydrogen) atoms. The molecule has 1 aromatic carbocycles. The first-order chi connectivity index (χ1) is 8.26. The predicted octanol–water partition coefficient (Wildman–Crippen LogP) is 2.14. The van der Waals surface area contributed by atoms with Crippen molar-refractivity contribution in [3.05, 3.63) is 35.9 Å². The van der Waals surface area contributed by atoms with Crippen LogP contribution in [0.3, 0.4) is 0 Å². The van der Waals surface area contributed by atoms with Crippen molar-refractivity contribution in [3.8, 4) is 0 Å². The smallest absolute Gasteiger partial charge is 0.106 e. The van der Waals surface area contributed by atoms with E-state index in [2.05, 4.69) is 36.5 Å². The zero-order valence-corrected chi connectivity index (χ0v) is 10.6. The minimum absolute atomic E-state index is 0.136. The third kappa shape index (κ3) is 3.06. The molecule has 3 nitrogen and oxygen atoms in total. The highest BCUT2D eigenvalue weighted by Gasteiger charge is 2.34. The molecule has 2 atom stereocenters. The predicted molar refractivity (Wildman–Crippen MR) is 68.0 cm³/mol. The fourth-order valence-electron chi connectivity index (χ4n) is 2.16. The van der Waals surface area contributed by atoms with Gasteiger partial charge in [-0.3, -0.25) is 0 Å². The van der Waals surface area contributed by atoms with E-state index < -0.39 is 0 Å². The van der Waals surface area contributed by atoms with E-state index in [9.17, 15) is 0 Å². The van der Waals surface area contributed by atoms with Crippen LogP contribution >= 0.6 is 0 Å². The molecule has 0 spiro atoms. The van der Waals surface area contributed by atoms with Gasteiger partial charge in [-0.25, -0.2) is 0 Å². The van der Waals surface area contributed by atoms with E-state index in [1.165, 1.54) is 5.56 Å². The lowest BCUT2D eigenvalue weighted by molar-refractivity contribution is -0.0172. The van der Waals surface area contributed by atoms with Gasteiger partial charge in [-0.2, -0.15) is 0 Å². The highest BCUT2D eigenvalue weighted by atomic mass is 16.5. The molecule has 0 saturated carbocycles. The molecule has 94 valence electrons. The number of rotatable bonds is 5. The van der Waals surface area contributed by atoms with E-state index in [4.69, 9.17) is 9.47 Å². The molecule has 1 N–H and O–H groups in total. The van der Waals surface area contributed by atoms with Gasteiger partial charge >= 0.3 is 0 Å². The first-order valence-corrected chi connectivity index (χ1v) is 6.17. The second kappa shape index (κ2) is 5.63. The van der Waals surface area contributed by atoms with Gasteiger partial charge in [0, 0.05) is 32.7 Å². The Morgan fingerprint density at radius 2 is 2.18 bits per heavy atom. The lowest BCUT2D eigenvalue weighted by Crippen LogP contribution is -2.43. The summed E-state index contributed by atoms with van der Waals surface area (Å²) in [7, 11) is 1.77. The second-order valence-electron chi connectivity index (χ2n) is 4.70. The van der Waals surface area contributed by atoms with Gasteiger partial charge in [0.2, 0.25) is 0 Å². The maximum Gasteiger partial charge on any atom is 0.106 e. The van der Waals surface area contributed by atoms with Crippen LogP contribution in [0.25, 0.3) is 0 Å². The van der Waals surface area contributed by atoms with Crippen molar-refractivity contribution in [1.29, 1.82) is 0 Å². The summed E-state index contributed by atoms with van der Waals surface area (Å²) in [6, 6.07) is 10.8. The summed E-state index contributed by atoms with van der Waals surface area (Å²) >= 11 is 0. The number of ether oxygens (including phenoxy) is 2. The summed E-state index contributed by atoms with van der Waals surface area (Å²) in [6.45, 7) is 4.50. The summed E-state index contributed by atoms with van der Waals surface area (Å²) in [5.41, 5.74) is 1.17. The molecule has 0 radical (unpaired) electrons. The molecule has 0 amide bonds. The Hall–Kier alpha value is -0.900. The van der Waals surface area contributed by atoms with Crippen LogP contribution in [-0.4, -0.2) is 32.5 Å². The molecule has 2 unspecified atom stereocenters. The van der Waals surface area contributed by atoms with Crippen molar-refractivity contribution in [2.75, 3.05) is 26.9 Å². The van der Waals surface area contributed by atoms with E-state index in [1.54, 1.807) is 7.11 Å². The van der Waals surface area contributed by atoms with Crippen molar-refractivity contribution in [1.82, 2.24) is 5.32 Å². The van der Waals surface area contributed by atoms with E-state index in [0.717, 1.165) is 19.6 Å². The Labute approximate surface area is 103 Å². The number of hydrogen-bond acceptors (Lipinski definition) is 3. The molecule has 2 rings (SSSR count). The van der Waals surface area contributed by atoms with Crippen LogP contribution in [0.2, 0.25) is 0 Å². The summed E-state index contributed by atoms with van der Waals surface area (Å²) in [6.07, 6.45) is 0.970. The third-order valence-electron chi connectivity index (χ3n) is 3.53. The molecule has 1 aliphatic heterocycles. The van der Waals surface area contributed by atoms with Gasteiger partial charge in [-0.05, 0) is 12.5 Å². The zero-order chi connectivity index (χ0) is 12.1. The Bertz CT molecular complexity index is 333. The van der Waals surface area contributed by atoms with Crippen LogP contribution in [0.4, 0.5) is 0 Å². The normalized spacial score (nSPS) is 26.0. The first kappa shape index (κ1) is 12.6. The fourth-order valence-corrected chi connectivity index (χ4v) is 2.16. The van der Waals surface area contributed by atoms with Crippen molar-refractivity contribution >= 4 is 0 Å². The van der Waals surface area contributed by atoms with Crippen molar-refractivity contribution in [3.63, 3.8) is 0 Å². The number of methoxy groups -OCH3 is 1. The van der Waals surface area contributed by atoms with E-state index in [0.29, 0.717) is 12.6 Å². The minimum Gasteiger partial charge on any atom is -0.378 e. The molecule has 1 aliphatic rings. The van der Waals surface area contributed by atoms with E-state index >= 15 is 0 Å². The van der Waals surface area contributed by atoms with E-state index in [1.807, 2.05) is 6.07 Å². The largest absolute Gasteiger partial charge is 0.378 e. The van der Waals surface area contributed by atoms with Crippen LogP contribution in [0.1, 0.15) is 24.9 Å². The topological polar surface area (TPSA) is 30.5 Å². The average Bonchev–Trinajstić information content (AvgIpc) is 2.86. The Morgan fingerprint density at radius 1 is 1.41 bits per heavy atom. The SMILES string of the molecule is COC1(CNC(C)c2ccccc2)CCOC1. The zero-order valence-electron chi connectivity index (χ0n) is 10.6. The van der Waals surface area contributed by atoms with Crippen molar-refractivity contribution < 1.29 is 9.47 Å². The maximum atomic E-state index is 5.60. The molecule has 1 heterocycles. The van der Waals surface area contributed by atoms with Gasteiger partial charge in [0.05, 0.1) is 6.61 Å². The monoisotopic (exact) mass is 235 g/mol. The van der Waals surface area contributed by atoms with Gasteiger partial charge in [-0.1, -0.05) is 30.3 Å². The molecule has 0 aromatic heterocycles. The van der Waals surface area contributed by atoms with Gasteiger partial charge in [-0.15, -0.1) is 0 Å². The standard InChI is InChI=1S/C14H21NO2/c1-12(13-6-4-3-5-7-13)15-10-14(16-2)8-9-17-11-14/h3-7,12,15H,8-11H2,1-2H3. The second-order valence-corrected chi connectivity index (χ2v) is 4.70. The molecule has 0 aliphatic carbocycles. The van der Waals surface area contributed by atoms with E-state index in [-0.39, 0.29) is 5.60 Å². The van der Waals surface area contributed by atoms with Gasteiger partial charge < -0.3 is 14.8 Å². The summed E-state index contributed by atoms with van der Waals surface area (Å²) < 4.78 is 11.0. The van der Waals surface area contributed by atoms with Gasteiger partial charge in [0.1, 0.15) is 5.60 Å². The van der Waals surface area contributed by atoms with Crippen LogP contribution < -0.4 is 5.32 Å².